The van der Waals surface area contributed by atoms with E-state index in [1.165, 1.54) is 109 Å². The number of nitrogens with zero attached hydrogens (tertiary/aromatic N) is 1. The summed E-state index contributed by atoms with van der Waals surface area (Å²) in [5.74, 6) is -0.899. The molecule has 0 aliphatic carbocycles. The number of hydrogen-bond acceptors (Lipinski definition) is 7. The standard InChI is InChI=1S/C52H92NO8P/c1-6-8-10-12-14-16-18-20-22-24-26-28-30-32-34-36-38-40-42-44-51(54)58-48-50(49-60-62(56,57)59-47-46-53(3,4)5)61-52(55)45-43-41-39-37-35-33-31-29-27-25-23-21-19-17-15-13-11-9-7-2/h14,16,20-23,26,28,32,34,38,40,50H,6-13,15,17-19,24-25,27,29-31,33,35-37,39,41-49H2,1-5H3/p+1/b16-14-,22-20-,23-21-,28-26-,34-32-,40-38-/t50-/m1/s1. The second-order valence-corrected chi connectivity index (χ2v) is 18.9. The highest BCUT2D eigenvalue weighted by atomic mass is 31.2. The number of rotatable bonds is 44. The summed E-state index contributed by atoms with van der Waals surface area (Å²) >= 11 is 0. The lowest BCUT2D eigenvalue weighted by atomic mass is 10.1. The first kappa shape index (κ1) is 59.5. The lowest BCUT2D eigenvalue weighted by Gasteiger charge is -2.24. The number of quaternary nitrogens is 1. The molecule has 358 valence electrons. The van der Waals surface area contributed by atoms with Crippen LogP contribution in [0.1, 0.15) is 194 Å². The van der Waals surface area contributed by atoms with Crippen LogP contribution in [0.2, 0.25) is 0 Å². The Balaban J connectivity index is 4.41. The molecular formula is C52H93NO8P+. The summed E-state index contributed by atoms with van der Waals surface area (Å²) in [5, 5.41) is 0. The van der Waals surface area contributed by atoms with Gasteiger partial charge < -0.3 is 18.9 Å². The van der Waals surface area contributed by atoms with Crippen LogP contribution in [0.3, 0.4) is 0 Å². The van der Waals surface area contributed by atoms with Crippen molar-refractivity contribution in [3.63, 3.8) is 0 Å². The van der Waals surface area contributed by atoms with Crippen LogP contribution in [0, 0.1) is 0 Å². The summed E-state index contributed by atoms with van der Waals surface area (Å²) < 4.78 is 34.3. The fourth-order valence-electron chi connectivity index (χ4n) is 6.34. The van der Waals surface area contributed by atoms with E-state index >= 15 is 0 Å². The minimum Gasteiger partial charge on any atom is -0.462 e. The van der Waals surface area contributed by atoms with Gasteiger partial charge in [-0.3, -0.25) is 18.6 Å². The lowest BCUT2D eigenvalue weighted by molar-refractivity contribution is -0.870. The van der Waals surface area contributed by atoms with E-state index in [1.54, 1.807) is 0 Å². The van der Waals surface area contributed by atoms with Crippen LogP contribution in [0.25, 0.3) is 0 Å². The molecule has 0 aromatic heterocycles. The minimum absolute atomic E-state index is 0.0175. The Bertz CT molecular complexity index is 1280. The third-order valence-corrected chi connectivity index (χ3v) is 11.2. The Kier molecular flexibility index (Phi) is 41.9. The predicted molar refractivity (Wildman–Crippen MR) is 261 cm³/mol. The first-order chi connectivity index (χ1) is 30.0. The SMILES string of the molecule is CCCCC/C=C\C/C=C\C/C=C\C/C=C\C/C=C\CCC(=O)OC[C@H](COP(=O)(O)OCC[N+](C)(C)C)OC(=O)CCCCCCCCCCC/C=C\CCCCCCCC. The van der Waals surface area contributed by atoms with Crippen molar-refractivity contribution in [1.82, 2.24) is 0 Å². The number of likely N-dealkylation sites (N-methyl/N-ethyl adjacent to an activating group) is 1. The van der Waals surface area contributed by atoms with E-state index in [9.17, 15) is 19.0 Å². The smallest absolute Gasteiger partial charge is 0.462 e. The normalized spacial score (nSPS) is 14.1. The molecule has 0 rings (SSSR count). The molecule has 0 aromatic rings. The third-order valence-electron chi connectivity index (χ3n) is 10.2. The van der Waals surface area contributed by atoms with Crippen molar-refractivity contribution in [3.05, 3.63) is 72.9 Å². The summed E-state index contributed by atoms with van der Waals surface area (Å²) in [6, 6.07) is 0. The number of carbonyl (C=O) groups is 2. The van der Waals surface area contributed by atoms with Crippen molar-refractivity contribution in [2.24, 2.45) is 0 Å². The number of carbonyl (C=O) groups excluding carboxylic acids is 2. The number of hydrogen-bond donors (Lipinski definition) is 1. The van der Waals surface area contributed by atoms with Crippen LogP contribution in [0.4, 0.5) is 0 Å². The second kappa shape index (κ2) is 43.7. The van der Waals surface area contributed by atoms with Gasteiger partial charge in [0.15, 0.2) is 6.10 Å². The van der Waals surface area contributed by atoms with Crippen molar-refractivity contribution in [2.75, 3.05) is 47.5 Å². The van der Waals surface area contributed by atoms with Gasteiger partial charge in [0.1, 0.15) is 19.8 Å². The van der Waals surface area contributed by atoms with E-state index in [2.05, 4.69) is 74.6 Å². The van der Waals surface area contributed by atoms with E-state index in [1.807, 2.05) is 33.3 Å². The average Bonchev–Trinajstić information content (AvgIpc) is 3.23. The van der Waals surface area contributed by atoms with Gasteiger partial charge in [-0.1, -0.05) is 177 Å². The molecule has 0 spiro atoms. The maximum absolute atomic E-state index is 12.7. The highest BCUT2D eigenvalue weighted by Crippen LogP contribution is 2.43. The van der Waals surface area contributed by atoms with Crippen molar-refractivity contribution in [3.8, 4) is 0 Å². The van der Waals surface area contributed by atoms with Crippen LogP contribution in [-0.4, -0.2) is 74.9 Å². The van der Waals surface area contributed by atoms with Gasteiger partial charge in [0.25, 0.3) is 0 Å². The van der Waals surface area contributed by atoms with Gasteiger partial charge in [-0.2, -0.15) is 0 Å². The number of phosphoric acid groups is 1. The van der Waals surface area contributed by atoms with Crippen LogP contribution < -0.4 is 0 Å². The Labute approximate surface area is 380 Å². The first-order valence-electron chi connectivity index (χ1n) is 24.7. The Morgan fingerprint density at radius 2 is 0.903 bits per heavy atom. The highest BCUT2D eigenvalue weighted by molar-refractivity contribution is 7.47. The molecule has 0 radical (unpaired) electrons. The largest absolute Gasteiger partial charge is 0.472 e. The molecule has 10 heteroatoms. The molecule has 0 amide bonds. The van der Waals surface area contributed by atoms with Crippen LogP contribution >= 0.6 is 7.82 Å². The maximum Gasteiger partial charge on any atom is 0.472 e. The van der Waals surface area contributed by atoms with E-state index in [0.29, 0.717) is 23.9 Å². The fourth-order valence-corrected chi connectivity index (χ4v) is 7.09. The lowest BCUT2D eigenvalue weighted by Crippen LogP contribution is -2.37. The second-order valence-electron chi connectivity index (χ2n) is 17.5. The molecule has 0 aliphatic rings. The Morgan fingerprint density at radius 1 is 0.500 bits per heavy atom. The van der Waals surface area contributed by atoms with Crippen molar-refractivity contribution in [1.29, 1.82) is 0 Å². The highest BCUT2D eigenvalue weighted by Gasteiger charge is 2.27. The molecular weight excluding hydrogens is 798 g/mol. The van der Waals surface area contributed by atoms with Crippen molar-refractivity contribution >= 4 is 19.8 Å². The third kappa shape index (κ3) is 46.9. The zero-order valence-electron chi connectivity index (χ0n) is 40.3. The van der Waals surface area contributed by atoms with Crippen LogP contribution in [0.5, 0.6) is 0 Å². The van der Waals surface area contributed by atoms with Gasteiger partial charge in [-0.25, -0.2) is 4.57 Å². The molecule has 0 aromatic carbocycles. The monoisotopic (exact) mass is 891 g/mol. The fraction of sp³-hybridized carbons (Fsp3) is 0.731. The van der Waals surface area contributed by atoms with Crippen molar-refractivity contribution < 1.29 is 42.1 Å². The van der Waals surface area contributed by atoms with Gasteiger partial charge in [-0.15, -0.1) is 0 Å². The summed E-state index contributed by atoms with van der Waals surface area (Å²) in [7, 11) is 1.43. The molecule has 0 heterocycles. The summed E-state index contributed by atoms with van der Waals surface area (Å²) in [4.78, 5) is 35.5. The van der Waals surface area contributed by atoms with E-state index in [0.717, 1.165) is 44.9 Å². The molecule has 62 heavy (non-hydrogen) atoms. The number of esters is 2. The molecule has 1 unspecified atom stereocenters. The van der Waals surface area contributed by atoms with E-state index in [4.69, 9.17) is 18.5 Å². The summed E-state index contributed by atoms with van der Waals surface area (Å²) in [5.41, 5.74) is 0. The Hall–Kier alpha value is -2.55. The topological polar surface area (TPSA) is 108 Å². The first-order valence-corrected chi connectivity index (χ1v) is 26.2. The van der Waals surface area contributed by atoms with Crippen LogP contribution in [0.15, 0.2) is 72.9 Å². The van der Waals surface area contributed by atoms with Gasteiger partial charge in [0.2, 0.25) is 0 Å². The van der Waals surface area contributed by atoms with Gasteiger partial charge in [-0.05, 0) is 77.0 Å². The molecule has 0 saturated heterocycles. The minimum atomic E-state index is -4.40. The predicted octanol–water partition coefficient (Wildman–Crippen LogP) is 14.6. The average molecular weight is 891 g/mol. The Morgan fingerprint density at radius 3 is 1.40 bits per heavy atom. The van der Waals surface area contributed by atoms with Crippen LogP contribution in [-0.2, 0) is 32.7 Å². The number of phosphoric ester groups is 1. The maximum atomic E-state index is 12.7. The van der Waals surface area contributed by atoms with E-state index < -0.39 is 32.5 Å². The molecule has 0 fully saturated rings. The quantitative estimate of drug-likeness (QED) is 0.0212. The molecule has 9 nitrogen and oxygen atoms in total. The zero-order valence-corrected chi connectivity index (χ0v) is 41.2. The molecule has 0 saturated carbocycles. The van der Waals surface area contributed by atoms with Crippen molar-refractivity contribution in [2.45, 2.75) is 200 Å². The number of unbranched alkanes of at least 4 members (excludes halogenated alkanes) is 18. The summed E-state index contributed by atoms with van der Waals surface area (Å²) in [6.07, 6.45) is 55.4. The number of allylic oxidation sites excluding steroid dienone is 12. The molecule has 1 N–H and O–H groups in total. The molecule has 2 atom stereocenters. The number of ether oxygens (including phenoxy) is 2. The van der Waals surface area contributed by atoms with Gasteiger partial charge in [0, 0.05) is 12.8 Å². The molecule has 0 bridgehead atoms. The van der Waals surface area contributed by atoms with Gasteiger partial charge >= 0.3 is 19.8 Å². The van der Waals surface area contributed by atoms with E-state index in [-0.39, 0.29) is 26.1 Å². The zero-order chi connectivity index (χ0) is 45.7. The molecule has 0 aliphatic heterocycles. The van der Waals surface area contributed by atoms with Gasteiger partial charge in [0.05, 0.1) is 27.7 Å². The summed E-state index contributed by atoms with van der Waals surface area (Å²) in [6.45, 7) is 4.31.